The second-order valence-corrected chi connectivity index (χ2v) is 5.98. The van der Waals surface area contributed by atoms with Gasteiger partial charge in [-0.05, 0) is 19.4 Å². The Morgan fingerprint density at radius 1 is 1.29 bits per heavy atom. The Morgan fingerprint density at radius 2 is 2.19 bits per heavy atom. The maximum absolute atomic E-state index is 4.84. The van der Waals surface area contributed by atoms with Crippen LogP contribution in [0.4, 0.5) is 11.8 Å². The molecule has 3 rings (SSSR count). The van der Waals surface area contributed by atoms with E-state index in [1.807, 2.05) is 6.07 Å². The molecule has 0 bridgehead atoms. The van der Waals surface area contributed by atoms with E-state index in [-0.39, 0.29) is 0 Å². The number of aryl methyl sites for hydroxylation is 1. The van der Waals surface area contributed by atoms with Gasteiger partial charge in [0.2, 0.25) is 5.95 Å². The van der Waals surface area contributed by atoms with Gasteiger partial charge in [-0.3, -0.25) is 0 Å². The van der Waals surface area contributed by atoms with Crippen molar-refractivity contribution in [2.24, 2.45) is 0 Å². The highest BCUT2D eigenvalue weighted by atomic mass is 32.1. The van der Waals surface area contributed by atoms with E-state index >= 15 is 0 Å². The molecule has 6 nitrogen and oxygen atoms in total. The predicted octanol–water partition coefficient (Wildman–Crippen LogP) is 3.42. The first-order valence-corrected chi connectivity index (χ1v) is 7.73. The molecule has 0 amide bonds. The molecule has 0 saturated carbocycles. The topological polar surface area (TPSA) is 75.9 Å². The highest BCUT2D eigenvalue weighted by molar-refractivity contribution is 7.18. The lowest BCUT2D eigenvalue weighted by Crippen LogP contribution is -2.08. The molecule has 0 fully saturated rings. The number of nitrogens with one attached hydrogen (secondary N) is 2. The second kappa shape index (κ2) is 6.09. The molecule has 0 aliphatic heterocycles. The zero-order valence-electron chi connectivity index (χ0n) is 12.0. The van der Waals surface area contributed by atoms with Crippen molar-refractivity contribution >= 4 is 33.3 Å². The summed E-state index contributed by atoms with van der Waals surface area (Å²) in [5.41, 5.74) is 0.844. The second-order valence-electron chi connectivity index (χ2n) is 4.74. The van der Waals surface area contributed by atoms with E-state index in [1.54, 1.807) is 17.6 Å². The van der Waals surface area contributed by atoms with E-state index in [2.05, 4.69) is 45.7 Å². The Balaban J connectivity index is 1.89. The average Bonchev–Trinajstić information content (AvgIpc) is 3.10. The number of nitrogens with zero attached hydrogens (tertiary/aromatic N) is 3. The summed E-state index contributed by atoms with van der Waals surface area (Å²) in [6.45, 7) is 5.63. The van der Waals surface area contributed by atoms with Crippen molar-refractivity contribution in [1.82, 2.24) is 15.1 Å². The number of anilines is 2. The van der Waals surface area contributed by atoms with Gasteiger partial charge in [-0.15, -0.1) is 11.3 Å². The number of hydrogen-bond donors (Lipinski definition) is 2. The summed E-state index contributed by atoms with van der Waals surface area (Å²) >= 11 is 1.67. The molecule has 0 spiro atoms. The fraction of sp³-hybridized carbons (Fsp3) is 0.357. The van der Waals surface area contributed by atoms with Gasteiger partial charge in [0.1, 0.15) is 22.6 Å². The summed E-state index contributed by atoms with van der Waals surface area (Å²) in [6, 6.07) is 3.94. The highest BCUT2D eigenvalue weighted by Gasteiger charge is 2.10. The lowest BCUT2D eigenvalue weighted by atomic mass is 10.3. The number of aromatic nitrogens is 3. The van der Waals surface area contributed by atoms with Crippen LogP contribution in [-0.2, 0) is 6.54 Å². The van der Waals surface area contributed by atoms with Crippen molar-refractivity contribution in [2.45, 2.75) is 26.8 Å². The number of rotatable bonds is 6. The van der Waals surface area contributed by atoms with Crippen molar-refractivity contribution in [1.29, 1.82) is 0 Å². The molecule has 3 aromatic rings. The van der Waals surface area contributed by atoms with Gasteiger partial charge in [0.15, 0.2) is 0 Å². The normalized spacial score (nSPS) is 11.0. The van der Waals surface area contributed by atoms with E-state index in [0.717, 1.165) is 34.7 Å². The molecule has 0 atom stereocenters. The standard InChI is InChI=1S/C14H17N5OS/c1-3-5-15-14-17-12(16-8-10-4-6-20-19-10)11-7-9(2)21-13(11)18-14/h4,6-7H,3,5,8H2,1-2H3,(H2,15,16,17,18). The third-order valence-corrected chi connectivity index (χ3v) is 3.92. The highest BCUT2D eigenvalue weighted by Crippen LogP contribution is 2.29. The fourth-order valence-electron chi connectivity index (χ4n) is 2.00. The molecule has 3 aromatic heterocycles. The Kier molecular flexibility index (Phi) is 4.01. The van der Waals surface area contributed by atoms with Crippen molar-refractivity contribution in [2.75, 3.05) is 17.2 Å². The molecule has 21 heavy (non-hydrogen) atoms. The van der Waals surface area contributed by atoms with Gasteiger partial charge < -0.3 is 15.2 Å². The first-order chi connectivity index (χ1) is 10.3. The zero-order valence-corrected chi connectivity index (χ0v) is 12.8. The lowest BCUT2D eigenvalue weighted by molar-refractivity contribution is 0.412. The Hall–Kier alpha value is -2.15. The molecular formula is C14H17N5OS. The number of fused-ring (bicyclic) bond motifs is 1. The smallest absolute Gasteiger partial charge is 0.226 e. The molecule has 3 heterocycles. The lowest BCUT2D eigenvalue weighted by Gasteiger charge is -2.08. The maximum atomic E-state index is 4.84. The number of hydrogen-bond acceptors (Lipinski definition) is 7. The van der Waals surface area contributed by atoms with Crippen LogP contribution in [0.5, 0.6) is 0 Å². The van der Waals surface area contributed by atoms with Crippen molar-refractivity contribution in [3.05, 3.63) is 29.0 Å². The van der Waals surface area contributed by atoms with Gasteiger partial charge >= 0.3 is 0 Å². The molecule has 7 heteroatoms. The Labute approximate surface area is 126 Å². The minimum Gasteiger partial charge on any atom is -0.364 e. The van der Waals surface area contributed by atoms with Crippen molar-refractivity contribution in [3.8, 4) is 0 Å². The first-order valence-electron chi connectivity index (χ1n) is 6.91. The van der Waals surface area contributed by atoms with E-state index in [9.17, 15) is 0 Å². The van der Waals surface area contributed by atoms with Crippen LogP contribution in [0, 0.1) is 6.92 Å². The van der Waals surface area contributed by atoms with Gasteiger partial charge in [0.05, 0.1) is 11.9 Å². The van der Waals surface area contributed by atoms with Gasteiger partial charge in [-0.25, -0.2) is 4.98 Å². The molecule has 0 aromatic carbocycles. The van der Waals surface area contributed by atoms with Crippen molar-refractivity contribution < 1.29 is 4.52 Å². The summed E-state index contributed by atoms with van der Waals surface area (Å²) in [7, 11) is 0. The van der Waals surface area contributed by atoms with Crippen LogP contribution in [-0.4, -0.2) is 21.7 Å². The molecule has 0 unspecified atom stereocenters. The monoisotopic (exact) mass is 303 g/mol. The van der Waals surface area contributed by atoms with E-state index in [0.29, 0.717) is 12.5 Å². The first kappa shape index (κ1) is 13.8. The van der Waals surface area contributed by atoms with Gasteiger partial charge in [0, 0.05) is 17.5 Å². The quantitative estimate of drug-likeness (QED) is 0.726. The molecule has 110 valence electrons. The van der Waals surface area contributed by atoms with Crippen LogP contribution >= 0.6 is 11.3 Å². The third kappa shape index (κ3) is 3.13. The average molecular weight is 303 g/mol. The van der Waals surface area contributed by atoms with Crippen LogP contribution in [0.3, 0.4) is 0 Å². The Morgan fingerprint density at radius 3 is 2.95 bits per heavy atom. The summed E-state index contributed by atoms with van der Waals surface area (Å²) in [4.78, 5) is 11.3. The molecule has 0 radical (unpaired) electrons. The number of thiophene rings is 1. The molecule has 0 aliphatic carbocycles. The summed E-state index contributed by atoms with van der Waals surface area (Å²) in [5.74, 6) is 1.49. The third-order valence-electron chi connectivity index (χ3n) is 2.98. The van der Waals surface area contributed by atoms with Crippen LogP contribution < -0.4 is 10.6 Å². The van der Waals surface area contributed by atoms with E-state index in [1.165, 1.54) is 4.88 Å². The summed E-state index contributed by atoms with van der Waals surface area (Å²) in [6.07, 6.45) is 2.60. The predicted molar refractivity (Wildman–Crippen MR) is 84.8 cm³/mol. The van der Waals surface area contributed by atoms with Crippen LogP contribution in [0.25, 0.3) is 10.2 Å². The van der Waals surface area contributed by atoms with Gasteiger partial charge in [-0.2, -0.15) is 4.98 Å². The minimum atomic E-state index is 0.574. The van der Waals surface area contributed by atoms with Gasteiger partial charge in [-0.1, -0.05) is 12.1 Å². The van der Waals surface area contributed by atoms with E-state index in [4.69, 9.17) is 4.52 Å². The minimum absolute atomic E-state index is 0.574. The molecular weight excluding hydrogens is 286 g/mol. The van der Waals surface area contributed by atoms with Crippen molar-refractivity contribution in [3.63, 3.8) is 0 Å². The Bertz CT molecular complexity index is 722. The largest absolute Gasteiger partial charge is 0.364 e. The van der Waals surface area contributed by atoms with Gasteiger partial charge in [0.25, 0.3) is 0 Å². The van der Waals surface area contributed by atoms with Crippen LogP contribution in [0.2, 0.25) is 0 Å². The van der Waals surface area contributed by atoms with E-state index < -0.39 is 0 Å². The fourth-order valence-corrected chi connectivity index (χ4v) is 2.87. The maximum Gasteiger partial charge on any atom is 0.226 e. The SMILES string of the molecule is CCCNc1nc(NCc2ccon2)c2cc(C)sc2n1. The summed E-state index contributed by atoms with van der Waals surface area (Å²) in [5, 5.41) is 11.5. The molecule has 2 N–H and O–H groups in total. The van der Waals surface area contributed by atoms with Crippen LogP contribution in [0.1, 0.15) is 23.9 Å². The zero-order chi connectivity index (χ0) is 14.7. The molecule has 0 aliphatic rings. The molecule has 0 saturated heterocycles. The van der Waals surface area contributed by atoms with Crippen LogP contribution in [0.15, 0.2) is 22.9 Å². The summed E-state index contributed by atoms with van der Waals surface area (Å²) < 4.78 is 4.84.